The van der Waals surface area contributed by atoms with Crippen molar-refractivity contribution in [3.8, 4) is 17.6 Å². The molecule has 0 heterocycles. The minimum atomic E-state index is 0.165. The van der Waals surface area contributed by atoms with Crippen molar-refractivity contribution in [1.82, 2.24) is 0 Å². The number of ether oxygens (including phenoxy) is 1. The Kier molecular flexibility index (Phi) is 5.03. The maximum Gasteiger partial charge on any atom is 0.118 e. The summed E-state index contributed by atoms with van der Waals surface area (Å²) in [6.07, 6.45) is 2.75. The second kappa shape index (κ2) is 7.21. The van der Waals surface area contributed by atoms with Gasteiger partial charge >= 0.3 is 0 Å². The standard InChI is InChI=1S/C19H18O/c1-3-7-17(11-10-16-8-5-4-6-9-16)18-12-14-19(20-2)15-13-18/h3-6,8-9,12-15,17H,1,7H2,2H3. The quantitative estimate of drug-likeness (QED) is 0.586. The molecule has 0 aliphatic rings. The summed E-state index contributed by atoms with van der Waals surface area (Å²) in [4.78, 5) is 0. The fourth-order valence-electron chi connectivity index (χ4n) is 1.97. The van der Waals surface area contributed by atoms with E-state index in [1.807, 2.05) is 48.5 Å². The molecule has 2 rings (SSSR count). The third-order valence-electron chi connectivity index (χ3n) is 3.09. The molecule has 100 valence electrons. The highest BCUT2D eigenvalue weighted by molar-refractivity contribution is 5.39. The van der Waals surface area contributed by atoms with E-state index in [-0.39, 0.29) is 5.92 Å². The zero-order valence-electron chi connectivity index (χ0n) is 11.7. The Morgan fingerprint density at radius 1 is 1.10 bits per heavy atom. The van der Waals surface area contributed by atoms with Crippen LogP contribution in [-0.2, 0) is 0 Å². The first kappa shape index (κ1) is 14.0. The molecule has 2 aromatic rings. The van der Waals surface area contributed by atoms with E-state index < -0.39 is 0 Å². The summed E-state index contributed by atoms with van der Waals surface area (Å²) >= 11 is 0. The van der Waals surface area contributed by atoms with E-state index in [2.05, 4.69) is 30.6 Å². The molecular weight excluding hydrogens is 244 g/mol. The molecular formula is C19H18O. The molecule has 0 saturated carbocycles. The largest absolute Gasteiger partial charge is 0.497 e. The Balaban J connectivity index is 2.22. The molecule has 20 heavy (non-hydrogen) atoms. The van der Waals surface area contributed by atoms with Gasteiger partial charge in [-0.05, 0) is 36.2 Å². The van der Waals surface area contributed by atoms with E-state index in [4.69, 9.17) is 4.74 Å². The molecule has 0 aliphatic heterocycles. The van der Waals surface area contributed by atoms with Crippen LogP contribution in [0.15, 0.2) is 67.3 Å². The van der Waals surface area contributed by atoms with Crippen LogP contribution in [-0.4, -0.2) is 7.11 Å². The van der Waals surface area contributed by atoms with Gasteiger partial charge in [0.2, 0.25) is 0 Å². The van der Waals surface area contributed by atoms with Crippen LogP contribution in [0, 0.1) is 11.8 Å². The zero-order valence-corrected chi connectivity index (χ0v) is 11.7. The van der Waals surface area contributed by atoms with Crippen LogP contribution in [0.25, 0.3) is 0 Å². The maximum absolute atomic E-state index is 5.18. The highest BCUT2D eigenvalue weighted by Crippen LogP contribution is 2.22. The Morgan fingerprint density at radius 3 is 2.40 bits per heavy atom. The van der Waals surface area contributed by atoms with Gasteiger partial charge in [-0.2, -0.15) is 0 Å². The molecule has 1 atom stereocenters. The molecule has 1 nitrogen and oxygen atoms in total. The Labute approximate surface area is 120 Å². The lowest BCUT2D eigenvalue weighted by molar-refractivity contribution is 0.414. The van der Waals surface area contributed by atoms with E-state index in [1.165, 1.54) is 5.56 Å². The summed E-state index contributed by atoms with van der Waals surface area (Å²) < 4.78 is 5.18. The van der Waals surface area contributed by atoms with Gasteiger partial charge in [-0.15, -0.1) is 6.58 Å². The van der Waals surface area contributed by atoms with E-state index in [0.29, 0.717) is 0 Å². The van der Waals surface area contributed by atoms with Gasteiger partial charge < -0.3 is 4.74 Å². The summed E-state index contributed by atoms with van der Waals surface area (Å²) in [5.74, 6) is 7.58. The van der Waals surface area contributed by atoms with Gasteiger partial charge in [0.15, 0.2) is 0 Å². The average molecular weight is 262 g/mol. The van der Waals surface area contributed by atoms with Gasteiger partial charge in [-0.1, -0.05) is 48.2 Å². The van der Waals surface area contributed by atoms with Crippen LogP contribution >= 0.6 is 0 Å². The van der Waals surface area contributed by atoms with Crippen molar-refractivity contribution in [3.05, 3.63) is 78.4 Å². The lowest BCUT2D eigenvalue weighted by Crippen LogP contribution is -1.95. The second-order valence-electron chi connectivity index (χ2n) is 4.49. The minimum Gasteiger partial charge on any atom is -0.497 e. The lowest BCUT2D eigenvalue weighted by atomic mass is 9.96. The first-order valence-electron chi connectivity index (χ1n) is 6.65. The summed E-state index contributed by atoms with van der Waals surface area (Å²) in [5, 5.41) is 0. The number of hydrogen-bond acceptors (Lipinski definition) is 1. The van der Waals surface area contributed by atoms with Crippen molar-refractivity contribution in [3.63, 3.8) is 0 Å². The Hall–Kier alpha value is -2.46. The van der Waals surface area contributed by atoms with E-state index in [9.17, 15) is 0 Å². The number of benzene rings is 2. The van der Waals surface area contributed by atoms with E-state index >= 15 is 0 Å². The number of rotatable bonds is 4. The molecule has 0 N–H and O–H groups in total. The Bertz CT molecular complexity index is 600. The van der Waals surface area contributed by atoms with Crippen molar-refractivity contribution in [2.45, 2.75) is 12.3 Å². The monoisotopic (exact) mass is 262 g/mol. The third kappa shape index (κ3) is 3.76. The van der Waals surface area contributed by atoms with Crippen LogP contribution in [0.4, 0.5) is 0 Å². The summed E-state index contributed by atoms with van der Waals surface area (Å²) in [5.41, 5.74) is 2.23. The van der Waals surface area contributed by atoms with Crippen molar-refractivity contribution in [1.29, 1.82) is 0 Å². The molecule has 0 spiro atoms. The predicted molar refractivity (Wildman–Crippen MR) is 83.9 cm³/mol. The second-order valence-corrected chi connectivity index (χ2v) is 4.49. The smallest absolute Gasteiger partial charge is 0.118 e. The molecule has 0 bridgehead atoms. The van der Waals surface area contributed by atoms with Gasteiger partial charge in [-0.25, -0.2) is 0 Å². The van der Waals surface area contributed by atoms with Crippen LogP contribution in [0.3, 0.4) is 0 Å². The van der Waals surface area contributed by atoms with Crippen LogP contribution in [0.2, 0.25) is 0 Å². The van der Waals surface area contributed by atoms with Gasteiger partial charge in [0, 0.05) is 11.5 Å². The first-order valence-corrected chi connectivity index (χ1v) is 6.65. The molecule has 1 heteroatoms. The summed E-state index contributed by atoms with van der Waals surface area (Å²) in [7, 11) is 1.67. The van der Waals surface area contributed by atoms with Gasteiger partial charge in [-0.3, -0.25) is 0 Å². The lowest BCUT2D eigenvalue weighted by Gasteiger charge is -2.09. The topological polar surface area (TPSA) is 9.23 Å². The maximum atomic E-state index is 5.18. The van der Waals surface area contributed by atoms with Gasteiger partial charge in [0.25, 0.3) is 0 Å². The molecule has 0 amide bonds. The minimum absolute atomic E-state index is 0.165. The molecule has 0 fully saturated rings. The molecule has 0 saturated heterocycles. The van der Waals surface area contributed by atoms with E-state index in [0.717, 1.165) is 17.7 Å². The third-order valence-corrected chi connectivity index (χ3v) is 3.09. The fourth-order valence-corrected chi connectivity index (χ4v) is 1.97. The van der Waals surface area contributed by atoms with Crippen molar-refractivity contribution in [2.24, 2.45) is 0 Å². The van der Waals surface area contributed by atoms with Crippen molar-refractivity contribution < 1.29 is 4.74 Å². The van der Waals surface area contributed by atoms with Crippen molar-refractivity contribution >= 4 is 0 Å². The molecule has 0 aromatic heterocycles. The predicted octanol–water partition coefficient (Wildman–Crippen LogP) is 4.41. The summed E-state index contributed by atoms with van der Waals surface area (Å²) in [6, 6.07) is 18.1. The zero-order chi connectivity index (χ0) is 14.2. The van der Waals surface area contributed by atoms with Crippen molar-refractivity contribution in [2.75, 3.05) is 7.11 Å². The average Bonchev–Trinajstić information content (AvgIpc) is 2.52. The van der Waals surface area contributed by atoms with E-state index in [1.54, 1.807) is 7.11 Å². The number of allylic oxidation sites excluding steroid dienone is 1. The molecule has 0 radical (unpaired) electrons. The number of methoxy groups -OCH3 is 1. The SMILES string of the molecule is C=CCC(C#Cc1ccccc1)c1ccc(OC)cc1. The fraction of sp³-hybridized carbons (Fsp3) is 0.158. The first-order chi connectivity index (χ1) is 9.83. The van der Waals surface area contributed by atoms with Crippen LogP contribution in [0.5, 0.6) is 5.75 Å². The molecule has 2 aromatic carbocycles. The van der Waals surface area contributed by atoms with Gasteiger partial charge in [0.05, 0.1) is 7.11 Å². The number of hydrogen-bond donors (Lipinski definition) is 0. The molecule has 1 unspecified atom stereocenters. The summed E-state index contributed by atoms with van der Waals surface area (Å²) in [6.45, 7) is 3.82. The highest BCUT2D eigenvalue weighted by Gasteiger charge is 2.06. The molecule has 0 aliphatic carbocycles. The Morgan fingerprint density at radius 2 is 1.80 bits per heavy atom. The normalized spacial score (nSPS) is 11.1. The highest BCUT2D eigenvalue weighted by atomic mass is 16.5. The van der Waals surface area contributed by atoms with Crippen LogP contribution < -0.4 is 4.74 Å². The van der Waals surface area contributed by atoms with Gasteiger partial charge in [0.1, 0.15) is 5.75 Å². The van der Waals surface area contributed by atoms with Crippen LogP contribution in [0.1, 0.15) is 23.5 Å².